The molecular weight excluding hydrogens is 294 g/mol. The van der Waals surface area contributed by atoms with Gasteiger partial charge in [0.05, 0.1) is 0 Å². The van der Waals surface area contributed by atoms with Crippen molar-refractivity contribution in [1.82, 2.24) is 5.32 Å². The molecular formula is C18H25NO4. The third-order valence-corrected chi connectivity index (χ3v) is 6.08. The second kappa shape index (κ2) is 5.77. The summed E-state index contributed by atoms with van der Waals surface area (Å²) in [5.74, 6) is -0.774. The number of Topliss-reactive ketones (excluding diaryl/α,β-unsaturated/α-hetero) is 1. The summed E-state index contributed by atoms with van der Waals surface area (Å²) in [5.41, 5.74) is -0.439. The van der Waals surface area contributed by atoms with E-state index in [9.17, 15) is 19.5 Å². The fourth-order valence-corrected chi connectivity index (χ4v) is 4.44. The van der Waals surface area contributed by atoms with Crippen molar-refractivity contribution in [1.29, 1.82) is 0 Å². The van der Waals surface area contributed by atoms with E-state index in [1.807, 2.05) is 13.0 Å². The molecule has 3 aliphatic rings. The van der Waals surface area contributed by atoms with Crippen LogP contribution in [0.2, 0.25) is 0 Å². The highest BCUT2D eigenvalue weighted by Gasteiger charge is 2.61. The number of aliphatic carboxylic acids is 1. The van der Waals surface area contributed by atoms with E-state index >= 15 is 0 Å². The zero-order chi connectivity index (χ0) is 16.8. The van der Waals surface area contributed by atoms with Crippen LogP contribution in [0.1, 0.15) is 52.4 Å². The van der Waals surface area contributed by atoms with E-state index in [1.54, 1.807) is 0 Å². The molecule has 2 N–H and O–H groups in total. The first-order chi connectivity index (χ1) is 10.9. The molecule has 23 heavy (non-hydrogen) atoms. The molecule has 5 heteroatoms. The lowest BCUT2D eigenvalue weighted by Crippen LogP contribution is -2.47. The second-order valence-corrected chi connectivity index (χ2v) is 7.28. The number of carbonyl (C=O) groups is 3. The zero-order valence-electron chi connectivity index (χ0n) is 13.8. The van der Waals surface area contributed by atoms with E-state index in [1.165, 1.54) is 0 Å². The fraction of sp³-hybridized carbons (Fsp3) is 0.722. The standard InChI is InChI=1S/C18H25NO4/c1-3-10-7-13-12(5-6-15(13)20)14(8-10)16(21)19-18(17(22)23)9-11(18)4-2/h8,10-13H,3-7,9H2,1-2H3,(H,19,21)(H,22,23)/t10-,11-,12-,13-,18+/m0/s1. The van der Waals surface area contributed by atoms with E-state index < -0.39 is 11.5 Å². The SMILES string of the molecule is CC[C@@H]1C=C(C(=O)N[C@]2(C(=O)O)C[C@@H]2CC)[C@H]2CCC(=O)[C@H]2C1. The number of amides is 1. The maximum atomic E-state index is 12.8. The summed E-state index contributed by atoms with van der Waals surface area (Å²) in [7, 11) is 0. The Hall–Kier alpha value is -1.65. The minimum atomic E-state index is -1.09. The maximum Gasteiger partial charge on any atom is 0.329 e. The number of fused-ring (bicyclic) bond motifs is 1. The first kappa shape index (κ1) is 16.2. The van der Waals surface area contributed by atoms with Gasteiger partial charge in [-0.25, -0.2) is 4.79 Å². The van der Waals surface area contributed by atoms with E-state index in [0.29, 0.717) is 18.4 Å². The van der Waals surface area contributed by atoms with Crippen molar-refractivity contribution in [2.45, 2.75) is 57.9 Å². The molecule has 0 bridgehead atoms. The quantitative estimate of drug-likeness (QED) is 0.814. The Morgan fingerprint density at radius 3 is 2.61 bits per heavy atom. The number of ketones is 1. The summed E-state index contributed by atoms with van der Waals surface area (Å²) in [6, 6.07) is 0. The van der Waals surface area contributed by atoms with Crippen LogP contribution in [-0.2, 0) is 14.4 Å². The highest BCUT2D eigenvalue weighted by molar-refractivity contribution is 6.00. The number of hydrogen-bond acceptors (Lipinski definition) is 3. The van der Waals surface area contributed by atoms with Gasteiger partial charge in [-0.3, -0.25) is 9.59 Å². The Balaban J connectivity index is 1.82. The lowest BCUT2D eigenvalue weighted by Gasteiger charge is -2.30. The van der Waals surface area contributed by atoms with Gasteiger partial charge in [-0.1, -0.05) is 26.3 Å². The van der Waals surface area contributed by atoms with Crippen molar-refractivity contribution in [3.8, 4) is 0 Å². The van der Waals surface area contributed by atoms with Gasteiger partial charge in [-0.2, -0.15) is 0 Å². The molecule has 0 aromatic heterocycles. The predicted octanol–water partition coefficient (Wildman–Crippen LogP) is 2.31. The number of carboxylic acids is 1. The van der Waals surface area contributed by atoms with E-state index in [0.717, 1.165) is 25.7 Å². The summed E-state index contributed by atoms with van der Waals surface area (Å²) in [5, 5.41) is 12.3. The van der Waals surface area contributed by atoms with Gasteiger partial charge in [0.1, 0.15) is 11.3 Å². The van der Waals surface area contributed by atoms with Gasteiger partial charge in [0.2, 0.25) is 5.91 Å². The van der Waals surface area contributed by atoms with Gasteiger partial charge in [-0.15, -0.1) is 0 Å². The van der Waals surface area contributed by atoms with E-state index in [-0.39, 0.29) is 35.4 Å². The molecule has 126 valence electrons. The minimum absolute atomic E-state index is 0.0103. The van der Waals surface area contributed by atoms with Gasteiger partial charge in [0.25, 0.3) is 0 Å². The first-order valence-corrected chi connectivity index (χ1v) is 8.73. The largest absolute Gasteiger partial charge is 0.479 e. The van der Waals surface area contributed by atoms with Crippen LogP contribution in [0.4, 0.5) is 0 Å². The maximum absolute atomic E-state index is 12.8. The smallest absolute Gasteiger partial charge is 0.329 e. The third-order valence-electron chi connectivity index (χ3n) is 6.08. The predicted molar refractivity (Wildman–Crippen MR) is 84.6 cm³/mol. The number of hydrogen-bond donors (Lipinski definition) is 2. The molecule has 2 saturated carbocycles. The normalized spacial score (nSPS) is 38.7. The number of carboxylic acid groups (broad SMARTS) is 1. The molecule has 0 unspecified atom stereocenters. The number of allylic oxidation sites excluding steroid dienone is 1. The Bertz CT molecular complexity index is 582. The summed E-state index contributed by atoms with van der Waals surface area (Å²) in [6.45, 7) is 4.00. The van der Waals surface area contributed by atoms with Crippen molar-refractivity contribution < 1.29 is 19.5 Å². The number of rotatable bonds is 5. The molecule has 5 nitrogen and oxygen atoms in total. The summed E-state index contributed by atoms with van der Waals surface area (Å²) in [4.78, 5) is 36.4. The second-order valence-electron chi connectivity index (χ2n) is 7.28. The van der Waals surface area contributed by atoms with Crippen LogP contribution in [0.3, 0.4) is 0 Å². The average Bonchev–Trinajstić information content (AvgIpc) is 3.14. The average molecular weight is 319 g/mol. The molecule has 0 aromatic carbocycles. The lowest BCUT2D eigenvalue weighted by atomic mass is 9.74. The topological polar surface area (TPSA) is 83.5 Å². The zero-order valence-corrected chi connectivity index (χ0v) is 13.8. The summed E-state index contributed by atoms with van der Waals surface area (Å²) in [6.07, 6.45) is 6.23. The molecule has 5 atom stereocenters. The van der Waals surface area contributed by atoms with Gasteiger partial charge >= 0.3 is 5.97 Å². The molecule has 0 aliphatic heterocycles. The minimum Gasteiger partial charge on any atom is -0.479 e. The first-order valence-electron chi connectivity index (χ1n) is 8.73. The molecule has 0 radical (unpaired) electrons. The van der Waals surface area contributed by atoms with Crippen LogP contribution in [0.5, 0.6) is 0 Å². The van der Waals surface area contributed by atoms with Crippen LogP contribution in [-0.4, -0.2) is 28.3 Å². The molecule has 3 aliphatic carbocycles. The molecule has 0 spiro atoms. The Labute approximate surface area is 136 Å². The van der Waals surface area contributed by atoms with Gasteiger partial charge in [0, 0.05) is 17.9 Å². The van der Waals surface area contributed by atoms with Gasteiger partial charge < -0.3 is 10.4 Å². The highest BCUT2D eigenvalue weighted by Crippen LogP contribution is 2.48. The molecule has 0 heterocycles. The highest BCUT2D eigenvalue weighted by atomic mass is 16.4. The van der Waals surface area contributed by atoms with Crippen molar-refractivity contribution in [2.75, 3.05) is 0 Å². The number of nitrogens with one attached hydrogen (secondary N) is 1. The van der Waals surface area contributed by atoms with Crippen LogP contribution < -0.4 is 5.32 Å². The fourth-order valence-electron chi connectivity index (χ4n) is 4.44. The Morgan fingerprint density at radius 2 is 2.04 bits per heavy atom. The van der Waals surface area contributed by atoms with Crippen LogP contribution >= 0.6 is 0 Å². The van der Waals surface area contributed by atoms with Crippen LogP contribution in [0.15, 0.2) is 11.6 Å². The molecule has 0 aromatic rings. The van der Waals surface area contributed by atoms with Crippen molar-refractivity contribution in [3.05, 3.63) is 11.6 Å². The van der Waals surface area contributed by atoms with Crippen molar-refractivity contribution in [2.24, 2.45) is 23.7 Å². The summed E-state index contributed by atoms with van der Waals surface area (Å²) < 4.78 is 0. The molecule has 3 rings (SSSR count). The lowest BCUT2D eigenvalue weighted by molar-refractivity contribution is -0.143. The van der Waals surface area contributed by atoms with E-state index in [4.69, 9.17) is 0 Å². The summed E-state index contributed by atoms with van der Waals surface area (Å²) >= 11 is 0. The van der Waals surface area contributed by atoms with E-state index in [2.05, 4.69) is 12.2 Å². The van der Waals surface area contributed by atoms with Crippen LogP contribution in [0.25, 0.3) is 0 Å². The van der Waals surface area contributed by atoms with Crippen LogP contribution in [0, 0.1) is 23.7 Å². The molecule has 2 fully saturated rings. The Morgan fingerprint density at radius 1 is 1.30 bits per heavy atom. The van der Waals surface area contributed by atoms with Crippen molar-refractivity contribution >= 4 is 17.7 Å². The van der Waals surface area contributed by atoms with Crippen molar-refractivity contribution in [3.63, 3.8) is 0 Å². The third kappa shape index (κ3) is 2.60. The Kier molecular flexibility index (Phi) is 4.07. The van der Waals surface area contributed by atoms with Gasteiger partial charge in [0.15, 0.2) is 0 Å². The monoisotopic (exact) mass is 319 g/mol. The number of carbonyl (C=O) groups excluding carboxylic acids is 2. The van der Waals surface area contributed by atoms with Gasteiger partial charge in [-0.05, 0) is 43.4 Å². The molecule has 1 amide bonds. The molecule has 0 saturated heterocycles.